The van der Waals surface area contributed by atoms with Crippen molar-refractivity contribution < 1.29 is 4.74 Å². The molecule has 2 nitrogen and oxygen atoms in total. The van der Waals surface area contributed by atoms with Gasteiger partial charge in [0.15, 0.2) is 0 Å². The molecule has 106 valence electrons. The first kappa shape index (κ1) is 13.8. The van der Waals surface area contributed by atoms with Crippen molar-refractivity contribution in [3.8, 4) is 5.75 Å². The summed E-state index contributed by atoms with van der Waals surface area (Å²) in [6, 6.07) is 12.9. The van der Waals surface area contributed by atoms with Crippen molar-refractivity contribution in [2.45, 2.75) is 13.0 Å². The standard InChI is InChI=1S/C17H21NOS/c1-19-17-5-4-15-8-13(2-3-16(15)9-17)10-18-11-14-6-7-20-12-14/h2-5,8-9,14,18H,6-7,10-12H2,1H3. The van der Waals surface area contributed by atoms with Crippen LogP contribution in [0.5, 0.6) is 5.75 Å². The lowest BCUT2D eigenvalue weighted by atomic mass is 10.1. The molecule has 0 aromatic heterocycles. The molecule has 1 N–H and O–H groups in total. The molecule has 1 aliphatic rings. The molecule has 2 aromatic carbocycles. The van der Waals surface area contributed by atoms with Crippen LogP contribution in [0.25, 0.3) is 10.8 Å². The van der Waals surface area contributed by atoms with Crippen LogP contribution >= 0.6 is 11.8 Å². The number of thioether (sulfide) groups is 1. The van der Waals surface area contributed by atoms with Gasteiger partial charge in [-0.2, -0.15) is 11.8 Å². The Morgan fingerprint density at radius 3 is 2.85 bits per heavy atom. The lowest BCUT2D eigenvalue weighted by Crippen LogP contribution is -2.22. The lowest BCUT2D eigenvalue weighted by Gasteiger charge is -2.10. The summed E-state index contributed by atoms with van der Waals surface area (Å²) in [6.07, 6.45) is 1.37. The van der Waals surface area contributed by atoms with Crippen LogP contribution in [0.4, 0.5) is 0 Å². The van der Waals surface area contributed by atoms with Crippen molar-refractivity contribution >= 4 is 22.5 Å². The molecule has 0 spiro atoms. The molecule has 0 aliphatic carbocycles. The Morgan fingerprint density at radius 1 is 1.20 bits per heavy atom. The second-order valence-corrected chi connectivity index (χ2v) is 6.56. The highest BCUT2D eigenvalue weighted by Crippen LogP contribution is 2.23. The molecular weight excluding hydrogens is 266 g/mol. The fourth-order valence-electron chi connectivity index (χ4n) is 2.68. The molecule has 3 rings (SSSR count). The fraction of sp³-hybridized carbons (Fsp3) is 0.412. The quantitative estimate of drug-likeness (QED) is 0.906. The molecular formula is C17H21NOS. The number of hydrogen-bond donors (Lipinski definition) is 1. The average Bonchev–Trinajstić information content (AvgIpc) is 3.00. The summed E-state index contributed by atoms with van der Waals surface area (Å²) in [4.78, 5) is 0. The summed E-state index contributed by atoms with van der Waals surface area (Å²) in [5.41, 5.74) is 1.35. The summed E-state index contributed by atoms with van der Waals surface area (Å²) in [5.74, 6) is 4.45. The zero-order valence-electron chi connectivity index (χ0n) is 11.9. The third-order valence-electron chi connectivity index (χ3n) is 3.90. The molecule has 0 amide bonds. The monoisotopic (exact) mass is 287 g/mol. The van der Waals surface area contributed by atoms with E-state index < -0.39 is 0 Å². The Bertz CT molecular complexity index is 578. The summed E-state index contributed by atoms with van der Waals surface area (Å²) < 4.78 is 5.26. The minimum absolute atomic E-state index is 0.865. The van der Waals surface area contributed by atoms with Crippen molar-refractivity contribution in [2.24, 2.45) is 5.92 Å². The molecule has 1 fully saturated rings. The summed E-state index contributed by atoms with van der Waals surface area (Å²) in [7, 11) is 1.71. The van der Waals surface area contributed by atoms with Gasteiger partial charge in [0.05, 0.1) is 7.11 Å². The topological polar surface area (TPSA) is 21.3 Å². The maximum atomic E-state index is 5.26. The second kappa shape index (κ2) is 6.51. The Hall–Kier alpha value is -1.19. The van der Waals surface area contributed by atoms with E-state index in [-0.39, 0.29) is 0 Å². The molecule has 0 bridgehead atoms. The number of hydrogen-bond acceptors (Lipinski definition) is 3. The zero-order valence-corrected chi connectivity index (χ0v) is 12.7. The van der Waals surface area contributed by atoms with Crippen LogP contribution in [-0.4, -0.2) is 25.2 Å². The van der Waals surface area contributed by atoms with Gasteiger partial charge in [0.2, 0.25) is 0 Å². The van der Waals surface area contributed by atoms with E-state index in [9.17, 15) is 0 Å². The smallest absolute Gasteiger partial charge is 0.119 e. The average molecular weight is 287 g/mol. The molecule has 1 aliphatic heterocycles. The van der Waals surface area contributed by atoms with Crippen LogP contribution in [0, 0.1) is 5.92 Å². The highest BCUT2D eigenvalue weighted by atomic mass is 32.2. The van der Waals surface area contributed by atoms with E-state index >= 15 is 0 Å². The van der Waals surface area contributed by atoms with E-state index in [2.05, 4.69) is 47.4 Å². The first-order valence-electron chi connectivity index (χ1n) is 7.20. The molecule has 20 heavy (non-hydrogen) atoms. The van der Waals surface area contributed by atoms with E-state index in [1.807, 2.05) is 6.07 Å². The SMILES string of the molecule is COc1ccc2cc(CNCC3CCSC3)ccc2c1. The van der Waals surface area contributed by atoms with E-state index in [0.717, 1.165) is 24.8 Å². The number of ether oxygens (including phenoxy) is 1. The van der Waals surface area contributed by atoms with Crippen LogP contribution in [-0.2, 0) is 6.54 Å². The van der Waals surface area contributed by atoms with Crippen LogP contribution in [0.2, 0.25) is 0 Å². The summed E-state index contributed by atoms with van der Waals surface area (Å²) in [5, 5.41) is 6.11. The number of methoxy groups -OCH3 is 1. The van der Waals surface area contributed by atoms with Gasteiger partial charge in [0.1, 0.15) is 5.75 Å². The van der Waals surface area contributed by atoms with E-state index in [1.165, 1.54) is 34.3 Å². The molecule has 0 saturated carbocycles. The molecule has 1 saturated heterocycles. The predicted octanol–water partition coefficient (Wildman–Crippen LogP) is 3.69. The Balaban J connectivity index is 1.63. The lowest BCUT2D eigenvalue weighted by molar-refractivity contribution is 0.415. The number of benzene rings is 2. The fourth-order valence-corrected chi connectivity index (χ4v) is 3.96. The normalized spacial score (nSPS) is 18.6. The molecule has 2 aromatic rings. The Kier molecular flexibility index (Phi) is 4.48. The van der Waals surface area contributed by atoms with Crippen LogP contribution < -0.4 is 10.1 Å². The van der Waals surface area contributed by atoms with Gasteiger partial charge in [0, 0.05) is 6.54 Å². The number of nitrogens with one attached hydrogen (secondary N) is 1. The minimum atomic E-state index is 0.865. The number of rotatable bonds is 5. The molecule has 3 heteroatoms. The Labute approximate surface area is 124 Å². The van der Waals surface area contributed by atoms with Crippen LogP contribution in [0.3, 0.4) is 0 Å². The van der Waals surface area contributed by atoms with Gasteiger partial charge in [-0.15, -0.1) is 0 Å². The van der Waals surface area contributed by atoms with Crippen molar-refractivity contribution in [2.75, 3.05) is 25.2 Å². The van der Waals surface area contributed by atoms with Gasteiger partial charge in [-0.25, -0.2) is 0 Å². The van der Waals surface area contributed by atoms with E-state index in [1.54, 1.807) is 7.11 Å². The maximum absolute atomic E-state index is 5.26. The predicted molar refractivity (Wildman–Crippen MR) is 87.6 cm³/mol. The largest absolute Gasteiger partial charge is 0.497 e. The first-order chi connectivity index (χ1) is 9.85. The molecule has 0 radical (unpaired) electrons. The van der Waals surface area contributed by atoms with Crippen molar-refractivity contribution in [1.82, 2.24) is 5.32 Å². The van der Waals surface area contributed by atoms with Gasteiger partial charge in [-0.1, -0.05) is 18.2 Å². The second-order valence-electron chi connectivity index (χ2n) is 5.41. The summed E-state index contributed by atoms with van der Waals surface area (Å²) in [6.45, 7) is 2.11. The maximum Gasteiger partial charge on any atom is 0.119 e. The molecule has 1 heterocycles. The van der Waals surface area contributed by atoms with Crippen LogP contribution in [0.15, 0.2) is 36.4 Å². The van der Waals surface area contributed by atoms with Gasteiger partial charge in [0.25, 0.3) is 0 Å². The highest BCUT2D eigenvalue weighted by Gasteiger charge is 2.14. The van der Waals surface area contributed by atoms with Gasteiger partial charge in [-0.05, 0) is 64.9 Å². The van der Waals surface area contributed by atoms with Crippen molar-refractivity contribution in [3.63, 3.8) is 0 Å². The van der Waals surface area contributed by atoms with Gasteiger partial charge in [-0.3, -0.25) is 0 Å². The van der Waals surface area contributed by atoms with E-state index in [0.29, 0.717) is 0 Å². The molecule has 1 unspecified atom stereocenters. The summed E-state index contributed by atoms with van der Waals surface area (Å²) >= 11 is 2.08. The highest BCUT2D eigenvalue weighted by molar-refractivity contribution is 7.99. The number of fused-ring (bicyclic) bond motifs is 1. The third-order valence-corrected chi connectivity index (χ3v) is 5.13. The third kappa shape index (κ3) is 3.28. The molecule has 1 atom stereocenters. The first-order valence-corrected chi connectivity index (χ1v) is 8.36. The Morgan fingerprint density at radius 2 is 2.05 bits per heavy atom. The van der Waals surface area contributed by atoms with Crippen molar-refractivity contribution in [3.05, 3.63) is 42.0 Å². The minimum Gasteiger partial charge on any atom is -0.497 e. The van der Waals surface area contributed by atoms with Crippen molar-refractivity contribution in [1.29, 1.82) is 0 Å². The van der Waals surface area contributed by atoms with Crippen LogP contribution in [0.1, 0.15) is 12.0 Å². The van der Waals surface area contributed by atoms with Gasteiger partial charge >= 0.3 is 0 Å². The van der Waals surface area contributed by atoms with E-state index in [4.69, 9.17) is 4.74 Å². The zero-order chi connectivity index (χ0) is 13.8. The van der Waals surface area contributed by atoms with Gasteiger partial charge < -0.3 is 10.1 Å².